The summed E-state index contributed by atoms with van der Waals surface area (Å²) >= 11 is 0. The number of carbonyl (C=O) groups is 1. The monoisotopic (exact) mass is 246 g/mol. The number of benzene rings is 1. The van der Waals surface area contributed by atoms with Crippen LogP contribution in [0.25, 0.3) is 0 Å². The number of aromatic amines is 1. The highest BCUT2D eigenvalue weighted by atomic mass is 16.5. The zero-order valence-electron chi connectivity index (χ0n) is 10.0. The second-order valence-corrected chi connectivity index (χ2v) is 3.75. The van der Waals surface area contributed by atoms with Crippen molar-refractivity contribution in [2.75, 3.05) is 7.11 Å². The predicted molar refractivity (Wildman–Crippen MR) is 64.7 cm³/mol. The van der Waals surface area contributed by atoms with Gasteiger partial charge in [0.25, 0.3) is 5.91 Å². The van der Waals surface area contributed by atoms with Crippen molar-refractivity contribution in [3.63, 3.8) is 0 Å². The lowest BCUT2D eigenvalue weighted by Gasteiger charge is -2.05. The van der Waals surface area contributed by atoms with Gasteiger partial charge in [0.2, 0.25) is 0 Å². The first-order chi connectivity index (χ1) is 8.79. The number of amides is 1. The van der Waals surface area contributed by atoms with Gasteiger partial charge in [-0.15, -0.1) is 0 Å². The van der Waals surface area contributed by atoms with Gasteiger partial charge in [-0.05, 0) is 17.7 Å². The van der Waals surface area contributed by atoms with Crippen LogP contribution in [0.3, 0.4) is 0 Å². The summed E-state index contributed by atoms with van der Waals surface area (Å²) in [7, 11) is 1.62. The van der Waals surface area contributed by atoms with Crippen LogP contribution in [0.2, 0.25) is 0 Å². The average molecular weight is 246 g/mol. The molecule has 1 aromatic heterocycles. The quantitative estimate of drug-likeness (QED) is 0.820. The highest BCUT2D eigenvalue weighted by Gasteiger charge is 2.06. The molecule has 6 nitrogen and oxygen atoms in total. The Labute approximate surface area is 104 Å². The minimum atomic E-state index is -0.149. The molecule has 18 heavy (non-hydrogen) atoms. The molecule has 0 atom stereocenters. The van der Waals surface area contributed by atoms with Gasteiger partial charge in [0.05, 0.1) is 13.2 Å². The van der Waals surface area contributed by atoms with E-state index >= 15 is 0 Å². The maximum Gasteiger partial charge on any atom is 0.251 e. The molecular weight excluding hydrogens is 232 g/mol. The van der Waals surface area contributed by atoms with Crippen LogP contribution in [0.15, 0.2) is 30.6 Å². The van der Waals surface area contributed by atoms with Crippen LogP contribution >= 0.6 is 0 Å². The largest absolute Gasteiger partial charge is 0.380 e. The minimum absolute atomic E-state index is 0.149. The number of rotatable bonds is 5. The molecule has 1 heterocycles. The van der Waals surface area contributed by atoms with E-state index < -0.39 is 0 Å². The Kier molecular flexibility index (Phi) is 4.03. The van der Waals surface area contributed by atoms with Crippen molar-refractivity contribution in [2.45, 2.75) is 13.2 Å². The number of methoxy groups -OCH3 is 1. The Morgan fingerprint density at radius 2 is 2.39 bits per heavy atom. The fraction of sp³-hybridized carbons (Fsp3) is 0.250. The van der Waals surface area contributed by atoms with E-state index in [9.17, 15) is 4.79 Å². The fourth-order valence-corrected chi connectivity index (χ4v) is 1.55. The van der Waals surface area contributed by atoms with E-state index in [2.05, 4.69) is 20.5 Å². The minimum Gasteiger partial charge on any atom is -0.380 e. The van der Waals surface area contributed by atoms with Crippen LogP contribution in [0, 0.1) is 0 Å². The lowest BCUT2D eigenvalue weighted by molar-refractivity contribution is 0.0949. The van der Waals surface area contributed by atoms with E-state index in [-0.39, 0.29) is 5.91 Å². The highest BCUT2D eigenvalue weighted by molar-refractivity contribution is 5.94. The predicted octanol–water partition coefficient (Wildman–Crippen LogP) is 0.881. The molecule has 0 aliphatic rings. The molecule has 1 amide bonds. The molecule has 0 fully saturated rings. The molecule has 0 aliphatic carbocycles. The van der Waals surface area contributed by atoms with Crippen LogP contribution < -0.4 is 5.32 Å². The maximum absolute atomic E-state index is 11.9. The summed E-state index contributed by atoms with van der Waals surface area (Å²) in [5.74, 6) is 0.473. The molecule has 94 valence electrons. The molecule has 6 heteroatoms. The molecule has 0 unspecified atom stereocenters. The second kappa shape index (κ2) is 5.92. The molecule has 0 radical (unpaired) electrons. The summed E-state index contributed by atoms with van der Waals surface area (Å²) in [6, 6.07) is 7.31. The third-order valence-corrected chi connectivity index (χ3v) is 2.38. The lowest BCUT2D eigenvalue weighted by atomic mass is 10.1. The van der Waals surface area contributed by atoms with Crippen LogP contribution in [0.1, 0.15) is 21.7 Å². The zero-order chi connectivity index (χ0) is 12.8. The van der Waals surface area contributed by atoms with Crippen molar-refractivity contribution < 1.29 is 9.53 Å². The van der Waals surface area contributed by atoms with Gasteiger partial charge in [0.1, 0.15) is 12.2 Å². The Balaban J connectivity index is 1.97. The van der Waals surface area contributed by atoms with Crippen molar-refractivity contribution in [3.8, 4) is 0 Å². The smallest absolute Gasteiger partial charge is 0.251 e. The summed E-state index contributed by atoms with van der Waals surface area (Å²) < 4.78 is 5.03. The van der Waals surface area contributed by atoms with Crippen molar-refractivity contribution in [1.82, 2.24) is 20.5 Å². The normalized spacial score (nSPS) is 10.3. The average Bonchev–Trinajstić information content (AvgIpc) is 2.90. The van der Waals surface area contributed by atoms with E-state index in [4.69, 9.17) is 4.74 Å². The summed E-state index contributed by atoms with van der Waals surface area (Å²) in [6.07, 6.45) is 1.40. The van der Waals surface area contributed by atoms with E-state index in [0.29, 0.717) is 24.5 Å². The maximum atomic E-state index is 11.9. The standard InChI is InChI=1S/C12H14N4O2/c1-18-7-9-3-2-4-10(5-9)12(17)13-6-11-14-8-15-16-11/h2-5,8H,6-7H2,1H3,(H,13,17)(H,14,15,16). The molecule has 0 spiro atoms. The summed E-state index contributed by atoms with van der Waals surface area (Å²) in [5.41, 5.74) is 1.56. The Morgan fingerprint density at radius 1 is 1.50 bits per heavy atom. The molecule has 0 aliphatic heterocycles. The third-order valence-electron chi connectivity index (χ3n) is 2.38. The van der Waals surface area contributed by atoms with Crippen LogP contribution in [-0.4, -0.2) is 28.2 Å². The molecule has 2 aromatic rings. The van der Waals surface area contributed by atoms with Gasteiger partial charge in [-0.3, -0.25) is 9.89 Å². The number of carbonyl (C=O) groups excluding carboxylic acids is 1. The highest BCUT2D eigenvalue weighted by Crippen LogP contribution is 2.06. The Bertz CT molecular complexity index is 511. The molecule has 1 aromatic carbocycles. The van der Waals surface area contributed by atoms with Gasteiger partial charge in [-0.25, -0.2) is 4.98 Å². The Hall–Kier alpha value is -2.21. The molecule has 2 rings (SSSR count). The first-order valence-corrected chi connectivity index (χ1v) is 5.50. The van der Waals surface area contributed by atoms with Crippen molar-refractivity contribution in [2.24, 2.45) is 0 Å². The van der Waals surface area contributed by atoms with Crippen molar-refractivity contribution in [1.29, 1.82) is 0 Å². The second-order valence-electron chi connectivity index (χ2n) is 3.75. The third kappa shape index (κ3) is 3.14. The number of hydrogen-bond acceptors (Lipinski definition) is 4. The lowest BCUT2D eigenvalue weighted by Crippen LogP contribution is -2.23. The SMILES string of the molecule is COCc1cccc(C(=O)NCc2ncn[nH]2)c1. The number of nitrogens with zero attached hydrogens (tertiary/aromatic N) is 2. The van der Waals surface area contributed by atoms with E-state index in [1.807, 2.05) is 12.1 Å². The fourth-order valence-electron chi connectivity index (χ4n) is 1.55. The van der Waals surface area contributed by atoms with Crippen molar-refractivity contribution in [3.05, 3.63) is 47.5 Å². The summed E-state index contributed by atoms with van der Waals surface area (Å²) in [4.78, 5) is 15.8. The first kappa shape index (κ1) is 12.3. The Morgan fingerprint density at radius 3 is 3.11 bits per heavy atom. The molecule has 0 saturated heterocycles. The molecular formula is C12H14N4O2. The topological polar surface area (TPSA) is 79.9 Å². The number of nitrogens with one attached hydrogen (secondary N) is 2. The number of H-pyrrole nitrogens is 1. The van der Waals surface area contributed by atoms with E-state index in [0.717, 1.165) is 5.56 Å². The summed E-state index contributed by atoms with van der Waals surface area (Å²) in [5, 5.41) is 9.14. The van der Waals surface area contributed by atoms with Crippen molar-refractivity contribution >= 4 is 5.91 Å². The van der Waals surface area contributed by atoms with Gasteiger partial charge in [0.15, 0.2) is 0 Å². The van der Waals surface area contributed by atoms with Crippen LogP contribution in [0.5, 0.6) is 0 Å². The van der Waals surface area contributed by atoms with Gasteiger partial charge < -0.3 is 10.1 Å². The first-order valence-electron chi connectivity index (χ1n) is 5.50. The number of hydrogen-bond donors (Lipinski definition) is 2. The number of ether oxygens (including phenoxy) is 1. The molecule has 2 N–H and O–H groups in total. The van der Waals surface area contributed by atoms with Gasteiger partial charge in [0, 0.05) is 12.7 Å². The molecule has 0 bridgehead atoms. The van der Waals surface area contributed by atoms with Crippen LogP contribution in [0.4, 0.5) is 0 Å². The van der Waals surface area contributed by atoms with Crippen LogP contribution in [-0.2, 0) is 17.9 Å². The zero-order valence-corrected chi connectivity index (χ0v) is 10.0. The number of aromatic nitrogens is 3. The van der Waals surface area contributed by atoms with Gasteiger partial charge >= 0.3 is 0 Å². The summed E-state index contributed by atoms with van der Waals surface area (Å²) in [6.45, 7) is 0.816. The molecule has 0 saturated carbocycles. The van der Waals surface area contributed by atoms with E-state index in [1.54, 1.807) is 19.2 Å². The van der Waals surface area contributed by atoms with Gasteiger partial charge in [-0.1, -0.05) is 12.1 Å². The van der Waals surface area contributed by atoms with E-state index in [1.165, 1.54) is 6.33 Å². The van der Waals surface area contributed by atoms with Gasteiger partial charge in [-0.2, -0.15) is 5.10 Å².